The molecule has 0 N–H and O–H groups in total. The quantitative estimate of drug-likeness (QED) is 0.422. The number of pyridine rings is 1. The third kappa shape index (κ3) is 1.45. The molecule has 0 unspecified atom stereocenters. The van der Waals surface area contributed by atoms with Gasteiger partial charge in [0.1, 0.15) is 5.52 Å². The summed E-state index contributed by atoms with van der Waals surface area (Å²) in [4.78, 5) is 24.7. The van der Waals surface area contributed by atoms with E-state index < -0.39 is 4.92 Å². The molecule has 0 aromatic carbocycles. The van der Waals surface area contributed by atoms with Crippen molar-refractivity contribution in [3.8, 4) is 0 Å². The zero-order valence-corrected chi connectivity index (χ0v) is 7.88. The van der Waals surface area contributed by atoms with Crippen molar-refractivity contribution in [1.82, 2.24) is 9.38 Å². The fourth-order valence-electron chi connectivity index (χ4n) is 1.33. The van der Waals surface area contributed by atoms with E-state index in [0.717, 1.165) is 0 Å². The lowest BCUT2D eigenvalue weighted by atomic mass is 10.2. The van der Waals surface area contributed by atoms with E-state index in [2.05, 4.69) is 4.98 Å². The largest absolute Gasteiger partial charge is 0.389 e. The number of nitro groups is 1. The second-order valence-corrected chi connectivity index (χ2v) is 3.09. The molecule has 0 saturated carbocycles. The molecular weight excluding hydrogens is 198 g/mol. The fourth-order valence-corrected chi connectivity index (χ4v) is 1.33. The van der Waals surface area contributed by atoms with Gasteiger partial charge < -0.3 is 10.1 Å². The van der Waals surface area contributed by atoms with Gasteiger partial charge in [-0.05, 0) is 29.0 Å². The highest BCUT2D eigenvalue weighted by Gasteiger charge is 2.15. The van der Waals surface area contributed by atoms with E-state index >= 15 is 0 Å². The van der Waals surface area contributed by atoms with Crippen molar-refractivity contribution in [1.29, 1.82) is 0 Å². The molecule has 2 aromatic heterocycles. The number of imidazole rings is 1. The topological polar surface area (TPSA) is 77.5 Å². The molecule has 2 aromatic rings. The lowest BCUT2D eigenvalue weighted by Crippen LogP contribution is -1.95. The third-order valence-corrected chi connectivity index (χ3v) is 2.09. The highest BCUT2D eigenvalue weighted by Crippen LogP contribution is 2.17. The minimum Gasteiger partial charge on any atom is -0.358 e. The summed E-state index contributed by atoms with van der Waals surface area (Å²) in [6.45, 7) is 1.44. The summed E-state index contributed by atoms with van der Waals surface area (Å²) in [6.07, 6.45) is 2.84. The van der Waals surface area contributed by atoms with Gasteiger partial charge in [0.2, 0.25) is 6.33 Å². The number of carbonyl (C=O) groups excluding carboxylic acids is 1. The van der Waals surface area contributed by atoms with E-state index in [9.17, 15) is 14.9 Å². The molecule has 0 aliphatic rings. The Bertz CT molecular complexity index is 559. The molecule has 6 nitrogen and oxygen atoms in total. The van der Waals surface area contributed by atoms with Crippen LogP contribution in [0.3, 0.4) is 0 Å². The van der Waals surface area contributed by atoms with Crippen LogP contribution in [0.1, 0.15) is 17.3 Å². The van der Waals surface area contributed by atoms with Crippen LogP contribution in [0, 0.1) is 10.1 Å². The summed E-state index contributed by atoms with van der Waals surface area (Å²) >= 11 is 0. The van der Waals surface area contributed by atoms with E-state index in [0.29, 0.717) is 11.1 Å². The normalized spacial score (nSPS) is 10.5. The number of nitrogens with zero attached hydrogens (tertiary/aromatic N) is 3. The number of fused-ring (bicyclic) bond motifs is 1. The second-order valence-electron chi connectivity index (χ2n) is 3.09. The number of ketones is 1. The zero-order valence-electron chi connectivity index (χ0n) is 7.88. The van der Waals surface area contributed by atoms with Gasteiger partial charge in [0.25, 0.3) is 0 Å². The number of Topliss-reactive ketones (excluding diaryl/α,β-unsaturated/α-hetero) is 1. The van der Waals surface area contributed by atoms with Crippen LogP contribution in [-0.4, -0.2) is 20.1 Å². The molecule has 0 aliphatic heterocycles. The first-order chi connectivity index (χ1) is 7.09. The van der Waals surface area contributed by atoms with Gasteiger partial charge in [-0.25, -0.2) is 0 Å². The number of hydrogen-bond acceptors (Lipinski definition) is 4. The predicted octanol–water partition coefficient (Wildman–Crippen LogP) is 1.45. The summed E-state index contributed by atoms with van der Waals surface area (Å²) < 4.78 is 1.47. The molecule has 0 amide bonds. The SMILES string of the molecule is CC(=O)c1ccc2c([N+](=O)[O-])ncn2c1. The van der Waals surface area contributed by atoms with Gasteiger partial charge in [0, 0.05) is 11.8 Å². The first kappa shape index (κ1) is 9.32. The van der Waals surface area contributed by atoms with Gasteiger partial charge in [-0.1, -0.05) is 0 Å². The number of rotatable bonds is 2. The Balaban J connectivity index is 2.66. The zero-order chi connectivity index (χ0) is 11.0. The molecule has 15 heavy (non-hydrogen) atoms. The first-order valence-electron chi connectivity index (χ1n) is 4.21. The minimum atomic E-state index is -0.553. The Morgan fingerprint density at radius 2 is 2.27 bits per heavy atom. The van der Waals surface area contributed by atoms with Crippen LogP contribution < -0.4 is 0 Å². The lowest BCUT2D eigenvalue weighted by molar-refractivity contribution is -0.387. The molecule has 0 bridgehead atoms. The van der Waals surface area contributed by atoms with Crippen LogP contribution in [0.5, 0.6) is 0 Å². The fraction of sp³-hybridized carbons (Fsp3) is 0.111. The first-order valence-corrected chi connectivity index (χ1v) is 4.21. The van der Waals surface area contributed by atoms with Gasteiger partial charge in [-0.3, -0.25) is 9.20 Å². The molecule has 0 radical (unpaired) electrons. The molecule has 2 heterocycles. The highest BCUT2D eigenvalue weighted by atomic mass is 16.6. The van der Waals surface area contributed by atoms with E-state index in [1.165, 1.54) is 29.9 Å². The van der Waals surface area contributed by atoms with Crippen LogP contribution in [0.2, 0.25) is 0 Å². The van der Waals surface area contributed by atoms with E-state index in [4.69, 9.17) is 0 Å². The summed E-state index contributed by atoms with van der Waals surface area (Å²) in [5.74, 6) is -0.293. The minimum absolute atomic E-state index is 0.0896. The molecule has 2 rings (SSSR count). The van der Waals surface area contributed by atoms with Crippen LogP contribution in [-0.2, 0) is 0 Å². The average Bonchev–Trinajstić information content (AvgIpc) is 2.59. The van der Waals surface area contributed by atoms with Crippen molar-refractivity contribution >= 4 is 17.1 Å². The second kappa shape index (κ2) is 3.16. The Hall–Kier alpha value is -2.24. The van der Waals surface area contributed by atoms with Crippen molar-refractivity contribution in [2.24, 2.45) is 0 Å². The van der Waals surface area contributed by atoms with Gasteiger partial charge >= 0.3 is 5.82 Å². The summed E-state index contributed by atoms with van der Waals surface area (Å²) in [6, 6.07) is 3.06. The molecule has 6 heteroatoms. The summed E-state index contributed by atoms with van der Waals surface area (Å²) in [5, 5.41) is 10.6. The molecule has 0 saturated heterocycles. The van der Waals surface area contributed by atoms with Crippen LogP contribution in [0.15, 0.2) is 24.7 Å². The standard InChI is InChI=1S/C9H7N3O3/c1-6(13)7-2-3-8-9(12(14)15)10-5-11(8)4-7/h2-5H,1H3. The average molecular weight is 205 g/mol. The monoisotopic (exact) mass is 205 g/mol. The molecule has 0 aliphatic carbocycles. The smallest absolute Gasteiger partial charge is 0.358 e. The molecule has 0 spiro atoms. The maximum absolute atomic E-state index is 11.1. The maximum atomic E-state index is 11.1. The predicted molar refractivity (Wildman–Crippen MR) is 51.9 cm³/mol. The molecule has 0 atom stereocenters. The number of hydrogen-bond donors (Lipinski definition) is 0. The molecular formula is C9H7N3O3. The lowest BCUT2D eigenvalue weighted by Gasteiger charge is -1.96. The summed E-state index contributed by atoms with van der Waals surface area (Å²) in [5.41, 5.74) is 0.875. The van der Waals surface area contributed by atoms with E-state index in [1.54, 1.807) is 6.07 Å². The van der Waals surface area contributed by atoms with Crippen molar-refractivity contribution in [3.05, 3.63) is 40.3 Å². The third-order valence-electron chi connectivity index (χ3n) is 2.09. The van der Waals surface area contributed by atoms with Gasteiger partial charge in [0.05, 0.1) is 0 Å². The number of carbonyl (C=O) groups is 1. The Morgan fingerprint density at radius 3 is 2.87 bits per heavy atom. The Morgan fingerprint density at radius 1 is 1.53 bits per heavy atom. The van der Waals surface area contributed by atoms with Crippen molar-refractivity contribution in [2.75, 3.05) is 0 Å². The van der Waals surface area contributed by atoms with Crippen LogP contribution in [0.4, 0.5) is 5.82 Å². The van der Waals surface area contributed by atoms with Crippen molar-refractivity contribution in [3.63, 3.8) is 0 Å². The van der Waals surface area contributed by atoms with Crippen LogP contribution in [0.25, 0.3) is 5.52 Å². The van der Waals surface area contributed by atoms with Gasteiger partial charge in [0.15, 0.2) is 5.78 Å². The number of aromatic nitrogens is 2. The van der Waals surface area contributed by atoms with E-state index in [-0.39, 0.29) is 11.6 Å². The van der Waals surface area contributed by atoms with Gasteiger partial charge in [-0.15, -0.1) is 0 Å². The molecule has 76 valence electrons. The van der Waals surface area contributed by atoms with E-state index in [1.807, 2.05) is 0 Å². The van der Waals surface area contributed by atoms with Crippen molar-refractivity contribution in [2.45, 2.75) is 6.92 Å². The molecule has 0 fully saturated rings. The Labute approximate surface area is 84.3 Å². The maximum Gasteiger partial charge on any atom is 0.389 e. The van der Waals surface area contributed by atoms with Gasteiger partial charge in [-0.2, -0.15) is 0 Å². The van der Waals surface area contributed by atoms with Crippen molar-refractivity contribution < 1.29 is 9.72 Å². The van der Waals surface area contributed by atoms with Crippen LogP contribution >= 0.6 is 0 Å². The summed E-state index contributed by atoms with van der Waals surface area (Å²) in [7, 11) is 0. The Kier molecular flexibility index (Phi) is 1.96. The highest BCUT2D eigenvalue weighted by molar-refractivity contribution is 5.94.